The number of benzene rings is 2. The molecule has 2 amide bonds. The number of phenolic OH excluding ortho intramolecular Hbond substituents is 1. The Hall–Kier alpha value is -4.92. The Morgan fingerprint density at radius 2 is 1.80 bits per heavy atom. The molecule has 2 saturated heterocycles. The number of hydrogen-bond acceptors (Lipinski definition) is 10. The largest absolute Gasteiger partial charge is 0.507 e. The fourth-order valence-corrected chi connectivity index (χ4v) is 8.22. The van der Waals surface area contributed by atoms with E-state index in [1.165, 1.54) is 4.90 Å². The molecule has 0 radical (unpaired) electrons. The Labute approximate surface area is 320 Å². The van der Waals surface area contributed by atoms with Crippen LogP contribution >= 0.6 is 11.3 Å². The van der Waals surface area contributed by atoms with E-state index in [1.54, 1.807) is 29.5 Å². The summed E-state index contributed by atoms with van der Waals surface area (Å²) in [5.74, 6) is -0.155. The van der Waals surface area contributed by atoms with Gasteiger partial charge in [-0.2, -0.15) is 0 Å². The van der Waals surface area contributed by atoms with E-state index >= 15 is 0 Å². The lowest BCUT2D eigenvalue weighted by Crippen LogP contribution is -2.77. The summed E-state index contributed by atoms with van der Waals surface area (Å²) < 4.78 is 0. The van der Waals surface area contributed by atoms with Crippen LogP contribution in [0.5, 0.6) is 5.75 Å². The van der Waals surface area contributed by atoms with Gasteiger partial charge >= 0.3 is 5.90 Å². The number of para-hydroxylation sites is 1. The number of thiazole rings is 1. The Balaban J connectivity index is 1.08. The average molecular weight is 756 g/mol. The summed E-state index contributed by atoms with van der Waals surface area (Å²) in [6.07, 6.45) is 0.840. The fraction of sp³-hybridized carbons (Fsp3) is 0.450. The Morgan fingerprint density at radius 3 is 2.44 bits per heavy atom. The number of nitrogens with zero attached hydrogens (tertiary/aromatic N) is 5. The number of phenols is 1. The molecule has 0 unspecified atom stereocenters. The number of aliphatic hydroxyl groups excluding tert-OH is 2. The lowest BCUT2D eigenvalue weighted by Gasteiger charge is -2.36. The number of rotatable bonds is 10. The summed E-state index contributed by atoms with van der Waals surface area (Å²) in [4.78, 5) is 39.8. The number of aromatic hydroxyl groups is 1. The van der Waals surface area contributed by atoms with Crippen LogP contribution in [0.2, 0.25) is 0 Å². The first-order valence-corrected chi connectivity index (χ1v) is 19.3. The van der Waals surface area contributed by atoms with Crippen LogP contribution in [-0.2, 0) is 9.59 Å². The predicted molar refractivity (Wildman–Crippen MR) is 209 cm³/mol. The van der Waals surface area contributed by atoms with Crippen LogP contribution in [0.1, 0.15) is 75.7 Å². The summed E-state index contributed by atoms with van der Waals surface area (Å²) >= 11 is 1.59. The van der Waals surface area contributed by atoms with Gasteiger partial charge in [-0.1, -0.05) is 57.2 Å². The molecule has 4 atom stereocenters. The molecule has 6 rings (SSSR count). The smallest absolute Gasteiger partial charge is 0.356 e. The summed E-state index contributed by atoms with van der Waals surface area (Å²) in [5.41, 5.74) is 12.4. The number of aromatic nitrogens is 3. The Bertz CT molecular complexity index is 1990. The SMILES string of the molecule is Cc1ncsc1-c1ccc([C@H](C)[NH+]=C(O)[C@@H]2C[C@@H](O)CN2C(=O)[C@@H](NC(=O)CN2CCC(c3cc(-c4ccccc4O)nnc3N)CC2)C(C)(C)C)cc1. The van der Waals surface area contributed by atoms with Crippen molar-refractivity contribution in [2.75, 3.05) is 31.9 Å². The van der Waals surface area contributed by atoms with Crippen LogP contribution in [0.25, 0.3) is 21.7 Å². The Morgan fingerprint density at radius 1 is 1.09 bits per heavy atom. The number of anilines is 1. The molecule has 2 aliphatic rings. The monoisotopic (exact) mass is 755 g/mol. The molecule has 2 fully saturated rings. The number of aryl methyl sites for hydroxylation is 1. The molecule has 0 spiro atoms. The molecule has 2 aliphatic heterocycles. The van der Waals surface area contributed by atoms with E-state index in [0.717, 1.165) is 40.1 Å². The summed E-state index contributed by atoms with van der Waals surface area (Å²) in [6, 6.07) is 15.0. The number of β-amino-alcohol motifs (C(OH)–C–C–N with tert-alkyl or cyclic N) is 1. The zero-order chi connectivity index (χ0) is 38.7. The lowest BCUT2D eigenvalue weighted by molar-refractivity contribution is -0.515. The van der Waals surface area contributed by atoms with Gasteiger partial charge in [0.15, 0.2) is 12.1 Å². The van der Waals surface area contributed by atoms with Crippen molar-refractivity contribution in [3.05, 3.63) is 76.9 Å². The van der Waals surface area contributed by atoms with Crippen molar-refractivity contribution >= 4 is 34.9 Å². The molecule has 2 aromatic heterocycles. The number of nitrogen functional groups attached to an aromatic ring is 1. The maximum Gasteiger partial charge on any atom is 0.356 e. The molecular weight excluding hydrogens is 705 g/mol. The van der Waals surface area contributed by atoms with Crippen LogP contribution < -0.4 is 16.0 Å². The third-order valence-corrected chi connectivity index (χ3v) is 11.5. The molecule has 54 heavy (non-hydrogen) atoms. The van der Waals surface area contributed by atoms with Gasteiger partial charge in [-0.15, -0.1) is 21.5 Å². The molecule has 286 valence electrons. The van der Waals surface area contributed by atoms with Gasteiger partial charge in [0.2, 0.25) is 11.8 Å². The summed E-state index contributed by atoms with van der Waals surface area (Å²) in [5, 5.41) is 43.7. The highest BCUT2D eigenvalue weighted by atomic mass is 32.1. The van der Waals surface area contributed by atoms with Crippen molar-refractivity contribution in [1.29, 1.82) is 0 Å². The standard InChI is InChI=1S/C40H50N8O5S/c1-23(25-10-12-27(13-11-25)35-24(2)42-22-54-35)43-38(52)32-18-28(49)20-48(32)39(53)36(40(3,4)5)44-34(51)21-47-16-14-26(15-17-47)30-19-31(45-46-37(30)41)29-8-6-7-9-33(29)50/h6-13,19,22-23,26,28,32,36,49-50H,14-18,20-21H2,1-5H3,(H2,41,46)(H,43,52)(H,44,51)/p+1/t23-,28+,32-,36+/m0/s1. The first kappa shape index (κ1) is 38.8. The number of piperidine rings is 1. The maximum absolute atomic E-state index is 14.2. The fourth-order valence-electron chi connectivity index (χ4n) is 7.41. The summed E-state index contributed by atoms with van der Waals surface area (Å²) in [7, 11) is 0. The van der Waals surface area contributed by atoms with Crippen molar-refractivity contribution in [3.8, 4) is 27.4 Å². The van der Waals surface area contributed by atoms with Gasteiger partial charge in [0.05, 0.1) is 34.4 Å². The third kappa shape index (κ3) is 8.72. The number of nitrogens with one attached hydrogen (secondary N) is 2. The normalized spacial score (nSPS) is 19.8. The first-order valence-electron chi connectivity index (χ1n) is 18.4. The quantitative estimate of drug-likeness (QED) is 0.103. The molecule has 2 aromatic carbocycles. The van der Waals surface area contributed by atoms with Crippen molar-refractivity contribution < 1.29 is 29.9 Å². The molecule has 4 heterocycles. The second-order valence-corrected chi connectivity index (χ2v) is 16.4. The number of carbonyl (C=O) groups is 2. The number of hydrogen-bond donors (Lipinski definition) is 6. The minimum Gasteiger partial charge on any atom is -0.507 e. The zero-order valence-electron chi connectivity index (χ0n) is 31.5. The third-order valence-electron chi connectivity index (χ3n) is 10.5. The topological polar surface area (TPSA) is 192 Å². The van der Waals surface area contributed by atoms with Crippen LogP contribution in [0.3, 0.4) is 0 Å². The molecule has 4 aromatic rings. The van der Waals surface area contributed by atoms with Crippen LogP contribution in [0.15, 0.2) is 60.1 Å². The number of carbonyl (C=O) groups excluding carboxylic acids is 2. The number of amides is 2. The van der Waals surface area contributed by atoms with Gasteiger partial charge in [-0.25, -0.2) is 9.98 Å². The molecule has 0 aliphatic carbocycles. The molecule has 13 nitrogen and oxygen atoms in total. The average Bonchev–Trinajstić information content (AvgIpc) is 3.76. The van der Waals surface area contributed by atoms with Gasteiger partial charge in [-0.3, -0.25) is 14.5 Å². The van der Waals surface area contributed by atoms with E-state index < -0.39 is 23.6 Å². The second kappa shape index (κ2) is 16.2. The van der Waals surface area contributed by atoms with Crippen molar-refractivity contribution in [2.24, 2.45) is 5.41 Å². The van der Waals surface area contributed by atoms with Crippen LogP contribution in [-0.4, -0.2) is 102 Å². The lowest BCUT2D eigenvalue weighted by atomic mass is 9.85. The highest BCUT2D eigenvalue weighted by molar-refractivity contribution is 7.13. The van der Waals surface area contributed by atoms with Crippen LogP contribution in [0.4, 0.5) is 5.82 Å². The highest BCUT2D eigenvalue weighted by Gasteiger charge is 2.46. The van der Waals surface area contributed by atoms with E-state index in [0.29, 0.717) is 30.2 Å². The van der Waals surface area contributed by atoms with E-state index in [1.807, 2.05) is 76.5 Å². The molecule has 14 heteroatoms. The molecule has 7 N–H and O–H groups in total. The second-order valence-electron chi connectivity index (χ2n) is 15.5. The van der Waals surface area contributed by atoms with Gasteiger partial charge in [0, 0.05) is 36.6 Å². The zero-order valence-corrected chi connectivity index (χ0v) is 32.3. The minimum absolute atomic E-state index is 0.0427. The minimum atomic E-state index is -0.890. The van der Waals surface area contributed by atoms with Crippen LogP contribution in [0, 0.1) is 12.3 Å². The van der Waals surface area contributed by atoms with Gasteiger partial charge < -0.3 is 31.3 Å². The number of likely N-dealkylation sites (tertiary alicyclic amines) is 2. The predicted octanol–water partition coefficient (Wildman–Crippen LogP) is 3.33. The highest BCUT2D eigenvalue weighted by Crippen LogP contribution is 2.35. The van der Waals surface area contributed by atoms with Gasteiger partial charge in [0.25, 0.3) is 0 Å². The molecular formula is C40H51N8O5S+. The summed E-state index contributed by atoms with van der Waals surface area (Å²) in [6.45, 7) is 11.0. The van der Waals surface area contributed by atoms with E-state index in [4.69, 9.17) is 5.73 Å². The van der Waals surface area contributed by atoms with E-state index in [-0.39, 0.29) is 54.9 Å². The molecule has 0 bridgehead atoms. The van der Waals surface area contributed by atoms with Crippen molar-refractivity contribution in [1.82, 2.24) is 30.3 Å². The van der Waals surface area contributed by atoms with E-state index in [2.05, 4.69) is 30.4 Å². The Kier molecular flexibility index (Phi) is 11.6. The van der Waals surface area contributed by atoms with Crippen molar-refractivity contribution in [3.63, 3.8) is 0 Å². The van der Waals surface area contributed by atoms with Gasteiger partial charge in [0.1, 0.15) is 17.6 Å². The van der Waals surface area contributed by atoms with Crippen molar-refractivity contribution in [2.45, 2.75) is 84.0 Å². The molecule has 0 saturated carbocycles. The maximum atomic E-state index is 14.2. The first-order chi connectivity index (χ1) is 25.7. The van der Waals surface area contributed by atoms with E-state index in [9.17, 15) is 24.9 Å². The number of nitrogens with two attached hydrogens (primary N) is 1. The van der Waals surface area contributed by atoms with Gasteiger partial charge in [-0.05, 0) is 68.0 Å². The number of aliphatic hydroxyl groups is 2.